The first-order chi connectivity index (χ1) is 10.2. The molecule has 0 bridgehead atoms. The number of carbonyl (C=O) groups excluding carboxylic acids is 1. The number of ether oxygens (including phenoxy) is 1. The van der Waals surface area contributed by atoms with Gasteiger partial charge in [-0.15, -0.1) is 0 Å². The topological polar surface area (TPSA) is 55.6 Å². The zero-order valence-electron chi connectivity index (χ0n) is 12.7. The van der Waals surface area contributed by atoms with Crippen molar-refractivity contribution in [3.8, 4) is 11.8 Å². The predicted molar refractivity (Wildman–Crippen MR) is 83.0 cm³/mol. The lowest BCUT2D eigenvalue weighted by molar-refractivity contribution is 0.0269. The predicted octanol–water partition coefficient (Wildman–Crippen LogP) is 1.56. The third kappa shape index (κ3) is 3.84. The van der Waals surface area contributed by atoms with Gasteiger partial charge in [0.1, 0.15) is 0 Å². The summed E-state index contributed by atoms with van der Waals surface area (Å²) in [5.74, 6) is 5.91. The smallest absolute Gasteiger partial charge is 0.253 e. The van der Waals surface area contributed by atoms with Crippen LogP contribution in [0.2, 0.25) is 0 Å². The van der Waals surface area contributed by atoms with Gasteiger partial charge < -0.3 is 15.4 Å². The Morgan fingerprint density at radius 2 is 2.33 bits per heavy atom. The van der Waals surface area contributed by atoms with Crippen molar-refractivity contribution in [3.63, 3.8) is 0 Å². The Bertz CT molecular complexity index is 572. The van der Waals surface area contributed by atoms with Crippen molar-refractivity contribution in [1.29, 1.82) is 0 Å². The number of amides is 1. The summed E-state index contributed by atoms with van der Waals surface area (Å²) in [7, 11) is 1.70. The number of likely N-dealkylation sites (tertiary alicyclic amines) is 1. The largest absolute Gasteiger partial charge is 0.380 e. The van der Waals surface area contributed by atoms with Crippen LogP contribution >= 0.6 is 0 Å². The Balaban J connectivity index is 2.19. The molecule has 112 valence electrons. The highest BCUT2D eigenvalue weighted by atomic mass is 16.5. The fourth-order valence-electron chi connectivity index (χ4n) is 2.53. The maximum atomic E-state index is 12.6. The monoisotopic (exact) mass is 286 g/mol. The van der Waals surface area contributed by atoms with Crippen LogP contribution in [0.4, 0.5) is 0 Å². The number of piperidine rings is 1. The molecule has 0 radical (unpaired) electrons. The van der Waals surface area contributed by atoms with E-state index in [1.54, 1.807) is 7.11 Å². The summed E-state index contributed by atoms with van der Waals surface area (Å²) >= 11 is 0. The first kappa shape index (κ1) is 15.6. The molecule has 0 spiro atoms. The lowest BCUT2D eigenvalue weighted by atomic mass is 10.0. The fraction of sp³-hybridized carbons (Fsp3) is 0.471. The maximum Gasteiger partial charge on any atom is 0.253 e. The molecule has 1 aromatic rings. The molecule has 1 atom stereocenters. The molecule has 1 aliphatic rings. The van der Waals surface area contributed by atoms with E-state index in [4.69, 9.17) is 10.5 Å². The van der Waals surface area contributed by atoms with Gasteiger partial charge in [0, 0.05) is 31.3 Å². The molecule has 4 heteroatoms. The van der Waals surface area contributed by atoms with Crippen molar-refractivity contribution in [2.45, 2.75) is 25.9 Å². The average molecular weight is 286 g/mol. The van der Waals surface area contributed by atoms with E-state index in [-0.39, 0.29) is 12.0 Å². The normalized spacial score (nSPS) is 18.0. The Hall–Kier alpha value is -1.83. The minimum Gasteiger partial charge on any atom is -0.380 e. The van der Waals surface area contributed by atoms with Gasteiger partial charge in [0.2, 0.25) is 0 Å². The van der Waals surface area contributed by atoms with Crippen LogP contribution in [0.1, 0.15) is 34.3 Å². The molecule has 0 saturated carbocycles. The van der Waals surface area contributed by atoms with E-state index in [2.05, 4.69) is 11.8 Å². The Morgan fingerprint density at radius 3 is 3.05 bits per heavy atom. The third-order valence-corrected chi connectivity index (χ3v) is 3.81. The number of nitrogens with two attached hydrogens (primary N) is 1. The molecule has 1 saturated heterocycles. The van der Waals surface area contributed by atoms with E-state index in [1.165, 1.54) is 0 Å². The second-order valence-electron chi connectivity index (χ2n) is 5.29. The third-order valence-electron chi connectivity index (χ3n) is 3.81. The number of benzene rings is 1. The number of aryl methyl sites for hydroxylation is 1. The fourth-order valence-corrected chi connectivity index (χ4v) is 2.53. The van der Waals surface area contributed by atoms with Gasteiger partial charge in [0.25, 0.3) is 5.91 Å². The number of methoxy groups -OCH3 is 1. The SMILES string of the molecule is COC1CCCN(C(=O)c2ccc(C)c(C#CCN)c2)C1. The van der Waals surface area contributed by atoms with Crippen molar-refractivity contribution in [2.24, 2.45) is 5.73 Å². The van der Waals surface area contributed by atoms with Crippen molar-refractivity contribution in [1.82, 2.24) is 4.90 Å². The molecular weight excluding hydrogens is 264 g/mol. The highest BCUT2D eigenvalue weighted by molar-refractivity contribution is 5.94. The molecule has 1 fully saturated rings. The van der Waals surface area contributed by atoms with Crippen LogP contribution in [0.5, 0.6) is 0 Å². The van der Waals surface area contributed by atoms with Crippen LogP contribution < -0.4 is 5.73 Å². The van der Waals surface area contributed by atoms with Crippen LogP contribution in [-0.2, 0) is 4.74 Å². The molecule has 0 aromatic heterocycles. The van der Waals surface area contributed by atoms with Crippen LogP contribution in [-0.4, -0.2) is 43.7 Å². The summed E-state index contributed by atoms with van der Waals surface area (Å²) in [5, 5.41) is 0. The Kier molecular flexibility index (Phi) is 5.38. The van der Waals surface area contributed by atoms with Gasteiger partial charge in [-0.25, -0.2) is 0 Å². The number of nitrogens with zero attached hydrogens (tertiary/aromatic N) is 1. The van der Waals surface area contributed by atoms with Crippen LogP contribution in [0.25, 0.3) is 0 Å². The number of hydrogen-bond acceptors (Lipinski definition) is 3. The van der Waals surface area contributed by atoms with Gasteiger partial charge in [-0.05, 0) is 37.5 Å². The molecule has 1 aromatic carbocycles. The summed E-state index contributed by atoms with van der Waals surface area (Å²) in [6.45, 7) is 3.75. The van der Waals surface area contributed by atoms with Gasteiger partial charge in [-0.1, -0.05) is 17.9 Å². The molecular formula is C17H22N2O2. The lowest BCUT2D eigenvalue weighted by Crippen LogP contribution is -2.42. The Labute approximate surface area is 126 Å². The van der Waals surface area contributed by atoms with Gasteiger partial charge in [0.05, 0.1) is 12.6 Å². The second-order valence-corrected chi connectivity index (χ2v) is 5.29. The van der Waals surface area contributed by atoms with Gasteiger partial charge in [-0.2, -0.15) is 0 Å². The summed E-state index contributed by atoms with van der Waals surface area (Å²) < 4.78 is 5.37. The molecule has 1 aliphatic heterocycles. The van der Waals surface area contributed by atoms with E-state index in [0.29, 0.717) is 18.7 Å². The van der Waals surface area contributed by atoms with E-state index < -0.39 is 0 Å². The summed E-state index contributed by atoms with van der Waals surface area (Å²) in [6, 6.07) is 5.66. The molecule has 1 amide bonds. The van der Waals surface area contributed by atoms with Crippen molar-refractivity contribution in [2.75, 3.05) is 26.7 Å². The molecule has 2 rings (SSSR count). The van der Waals surface area contributed by atoms with Gasteiger partial charge in [0.15, 0.2) is 0 Å². The van der Waals surface area contributed by atoms with Gasteiger partial charge >= 0.3 is 0 Å². The van der Waals surface area contributed by atoms with Crippen molar-refractivity contribution < 1.29 is 9.53 Å². The van der Waals surface area contributed by atoms with E-state index >= 15 is 0 Å². The lowest BCUT2D eigenvalue weighted by Gasteiger charge is -2.32. The minimum absolute atomic E-state index is 0.0487. The van der Waals surface area contributed by atoms with Crippen LogP contribution in [0, 0.1) is 18.8 Å². The summed E-state index contributed by atoms with van der Waals surface area (Å²) in [6.07, 6.45) is 2.14. The van der Waals surface area contributed by atoms with Crippen LogP contribution in [0.3, 0.4) is 0 Å². The van der Waals surface area contributed by atoms with Crippen LogP contribution in [0.15, 0.2) is 18.2 Å². The standard InChI is InChI=1S/C17H22N2O2/c1-13-7-8-15(11-14(13)5-3-9-18)17(20)19-10-4-6-16(12-19)21-2/h7-8,11,16H,4,6,9-10,12,18H2,1-2H3. The Morgan fingerprint density at radius 1 is 1.52 bits per heavy atom. The molecule has 0 aliphatic carbocycles. The number of hydrogen-bond donors (Lipinski definition) is 1. The van der Waals surface area contributed by atoms with E-state index in [0.717, 1.165) is 30.5 Å². The van der Waals surface area contributed by atoms with Gasteiger partial charge in [-0.3, -0.25) is 4.79 Å². The van der Waals surface area contributed by atoms with Crippen molar-refractivity contribution >= 4 is 5.91 Å². The number of carbonyl (C=O) groups is 1. The molecule has 1 unspecified atom stereocenters. The molecule has 2 N–H and O–H groups in total. The first-order valence-electron chi connectivity index (χ1n) is 7.27. The molecule has 21 heavy (non-hydrogen) atoms. The van der Waals surface area contributed by atoms with Crippen molar-refractivity contribution in [3.05, 3.63) is 34.9 Å². The zero-order valence-corrected chi connectivity index (χ0v) is 12.7. The second kappa shape index (κ2) is 7.26. The molecule has 1 heterocycles. The van der Waals surface area contributed by atoms with E-state index in [1.807, 2.05) is 30.0 Å². The maximum absolute atomic E-state index is 12.6. The van der Waals surface area contributed by atoms with E-state index in [9.17, 15) is 4.79 Å². The first-order valence-corrected chi connectivity index (χ1v) is 7.27. The zero-order chi connectivity index (χ0) is 15.2. The summed E-state index contributed by atoms with van der Waals surface area (Å²) in [4.78, 5) is 14.5. The average Bonchev–Trinajstić information content (AvgIpc) is 2.53. The quantitative estimate of drug-likeness (QED) is 0.839. The highest BCUT2D eigenvalue weighted by Crippen LogP contribution is 2.17. The summed E-state index contributed by atoms with van der Waals surface area (Å²) in [5.41, 5.74) is 8.01. The minimum atomic E-state index is 0.0487. The highest BCUT2D eigenvalue weighted by Gasteiger charge is 2.24. The molecule has 4 nitrogen and oxygen atoms in total. The number of rotatable bonds is 2.